The molecule has 0 amide bonds. The molecule has 0 saturated carbocycles. The number of pyridine rings is 1. The fourth-order valence-electron chi connectivity index (χ4n) is 0.996. The second kappa shape index (κ2) is 4.26. The van der Waals surface area contributed by atoms with Crippen LogP contribution in [-0.4, -0.2) is 20.5 Å². The number of hydrogen-bond acceptors (Lipinski definition) is 4. The molecule has 0 aliphatic rings. The van der Waals surface area contributed by atoms with Crippen molar-refractivity contribution in [2.24, 2.45) is 5.14 Å². The van der Waals surface area contributed by atoms with Crippen LogP contribution in [0.2, 0.25) is 0 Å². The average Bonchev–Trinajstić information content (AvgIpc) is 2.15. The van der Waals surface area contributed by atoms with Crippen LogP contribution in [0.25, 0.3) is 0 Å². The minimum Gasteiger partial charge on any atom is -0.492 e. The fourth-order valence-corrected chi connectivity index (χ4v) is 1.69. The van der Waals surface area contributed by atoms with E-state index in [1.807, 2.05) is 0 Å². The number of hydrogen-bond donors (Lipinski definition) is 1. The Labute approximate surface area is 89.1 Å². The summed E-state index contributed by atoms with van der Waals surface area (Å²) in [5.41, 5.74) is -1.24. The molecule has 0 unspecified atom stereocenters. The Bertz CT molecular complexity index is 504. The Morgan fingerprint density at radius 1 is 1.50 bits per heavy atom. The molecule has 0 aliphatic heterocycles. The van der Waals surface area contributed by atoms with E-state index in [9.17, 15) is 21.6 Å². The van der Waals surface area contributed by atoms with Gasteiger partial charge in [-0.2, -0.15) is 4.39 Å². The smallest absolute Gasteiger partial charge is 0.281 e. The third-order valence-corrected chi connectivity index (χ3v) is 2.61. The lowest BCUT2D eigenvalue weighted by Gasteiger charge is -2.08. The highest BCUT2D eigenvalue weighted by Gasteiger charge is 2.25. The van der Waals surface area contributed by atoms with Gasteiger partial charge in [0.05, 0.1) is 7.11 Å². The van der Waals surface area contributed by atoms with Gasteiger partial charge in [-0.25, -0.2) is 27.3 Å². The molecule has 0 aromatic carbocycles. The summed E-state index contributed by atoms with van der Waals surface area (Å²) >= 11 is 0. The summed E-state index contributed by atoms with van der Waals surface area (Å²) in [6.45, 7) is 0. The predicted molar refractivity (Wildman–Crippen MR) is 47.1 cm³/mol. The van der Waals surface area contributed by atoms with Crippen LogP contribution in [0.3, 0.4) is 0 Å². The van der Waals surface area contributed by atoms with Crippen molar-refractivity contribution in [2.45, 2.75) is 11.3 Å². The molecular formula is C7H7F3N2O3S. The normalized spacial score (nSPS) is 11.9. The molecule has 90 valence electrons. The first-order chi connectivity index (χ1) is 7.27. The second-order valence-corrected chi connectivity index (χ2v) is 4.24. The van der Waals surface area contributed by atoms with Crippen LogP contribution in [0.4, 0.5) is 13.2 Å². The number of rotatable bonds is 3. The molecule has 0 saturated heterocycles. The maximum atomic E-state index is 13.0. The van der Waals surface area contributed by atoms with Crippen molar-refractivity contribution >= 4 is 10.0 Å². The number of alkyl halides is 2. The molecule has 0 bridgehead atoms. The molecule has 5 nitrogen and oxygen atoms in total. The molecule has 0 spiro atoms. The largest absolute Gasteiger partial charge is 0.492 e. The Morgan fingerprint density at radius 2 is 2.06 bits per heavy atom. The molecule has 1 aromatic rings. The highest BCUT2D eigenvalue weighted by molar-refractivity contribution is 7.89. The Morgan fingerprint density at radius 3 is 2.44 bits per heavy atom. The van der Waals surface area contributed by atoms with Gasteiger partial charge in [-0.05, 0) is 0 Å². The molecule has 16 heavy (non-hydrogen) atoms. The van der Waals surface area contributed by atoms with Crippen molar-refractivity contribution in [3.8, 4) is 5.75 Å². The lowest BCUT2D eigenvalue weighted by Crippen LogP contribution is -2.16. The SMILES string of the molecule is COc1cc(S(N)(=O)=O)c(C(F)F)nc1F. The number of aromatic nitrogens is 1. The summed E-state index contributed by atoms with van der Waals surface area (Å²) in [7, 11) is -3.38. The Hall–Kier alpha value is -1.35. The lowest BCUT2D eigenvalue weighted by molar-refractivity contribution is 0.140. The molecule has 0 radical (unpaired) electrons. The first kappa shape index (κ1) is 12.7. The number of nitrogens with two attached hydrogens (primary N) is 1. The molecule has 1 heterocycles. The maximum Gasteiger partial charge on any atom is 0.281 e. The summed E-state index contributed by atoms with van der Waals surface area (Å²) in [6, 6.07) is 0.569. The summed E-state index contributed by atoms with van der Waals surface area (Å²) in [5, 5.41) is 4.69. The quantitative estimate of drug-likeness (QED) is 0.811. The predicted octanol–water partition coefficient (Wildman–Crippen LogP) is 0.814. The molecule has 0 aliphatic carbocycles. The third kappa shape index (κ3) is 2.42. The van der Waals surface area contributed by atoms with Crippen molar-refractivity contribution in [3.63, 3.8) is 0 Å². The van der Waals surface area contributed by atoms with Gasteiger partial charge in [0, 0.05) is 6.07 Å². The Kier molecular flexibility index (Phi) is 3.38. The van der Waals surface area contributed by atoms with Crippen LogP contribution in [0.1, 0.15) is 12.1 Å². The van der Waals surface area contributed by atoms with Crippen molar-refractivity contribution in [1.82, 2.24) is 4.98 Å². The van der Waals surface area contributed by atoms with Gasteiger partial charge in [0.25, 0.3) is 12.4 Å². The monoisotopic (exact) mass is 256 g/mol. The minimum atomic E-state index is -4.42. The molecule has 0 fully saturated rings. The zero-order valence-corrected chi connectivity index (χ0v) is 8.76. The van der Waals surface area contributed by atoms with E-state index in [1.165, 1.54) is 0 Å². The van der Waals surface area contributed by atoms with E-state index in [1.54, 1.807) is 0 Å². The molecule has 0 atom stereocenters. The van der Waals surface area contributed by atoms with Crippen LogP contribution in [0, 0.1) is 5.95 Å². The standard InChI is InChI=1S/C7H7F3N2O3S/c1-15-3-2-4(16(11,13)14)5(6(8)9)12-7(3)10/h2,6H,1H3,(H2,11,13,14). The van der Waals surface area contributed by atoms with E-state index < -0.39 is 38.7 Å². The highest BCUT2D eigenvalue weighted by atomic mass is 32.2. The third-order valence-electron chi connectivity index (χ3n) is 1.67. The molecule has 1 rings (SSSR count). The van der Waals surface area contributed by atoms with Crippen molar-refractivity contribution in [1.29, 1.82) is 0 Å². The highest BCUT2D eigenvalue weighted by Crippen LogP contribution is 2.28. The second-order valence-electron chi connectivity index (χ2n) is 2.71. The summed E-state index contributed by atoms with van der Waals surface area (Å²) < 4.78 is 64.1. The maximum absolute atomic E-state index is 13.0. The molecule has 9 heteroatoms. The van der Waals surface area contributed by atoms with Crippen molar-refractivity contribution in [2.75, 3.05) is 7.11 Å². The van der Waals surface area contributed by atoms with Gasteiger partial charge in [-0.1, -0.05) is 0 Å². The number of sulfonamides is 1. The number of nitrogens with zero attached hydrogens (tertiary/aromatic N) is 1. The molecular weight excluding hydrogens is 249 g/mol. The molecule has 2 N–H and O–H groups in total. The number of ether oxygens (including phenoxy) is 1. The van der Waals surface area contributed by atoms with E-state index in [0.717, 1.165) is 7.11 Å². The van der Waals surface area contributed by atoms with Gasteiger partial charge in [0.1, 0.15) is 10.6 Å². The van der Waals surface area contributed by atoms with Crippen LogP contribution >= 0.6 is 0 Å². The van der Waals surface area contributed by atoms with E-state index >= 15 is 0 Å². The van der Waals surface area contributed by atoms with Crippen molar-refractivity contribution in [3.05, 3.63) is 17.7 Å². The van der Waals surface area contributed by atoms with Gasteiger partial charge in [-0.3, -0.25) is 0 Å². The van der Waals surface area contributed by atoms with Crippen LogP contribution in [0.5, 0.6) is 5.75 Å². The zero-order chi connectivity index (χ0) is 12.5. The topological polar surface area (TPSA) is 82.3 Å². The van der Waals surface area contributed by atoms with E-state index in [4.69, 9.17) is 0 Å². The molecule has 1 aromatic heterocycles. The van der Waals surface area contributed by atoms with Gasteiger partial charge in [-0.15, -0.1) is 0 Å². The van der Waals surface area contributed by atoms with Crippen LogP contribution in [0.15, 0.2) is 11.0 Å². The van der Waals surface area contributed by atoms with Crippen LogP contribution in [-0.2, 0) is 10.0 Å². The summed E-state index contributed by atoms with van der Waals surface area (Å²) in [5.74, 6) is -1.90. The Balaban J connectivity index is 3.56. The average molecular weight is 256 g/mol. The fraction of sp³-hybridized carbons (Fsp3) is 0.286. The minimum absolute atomic E-state index is 0.569. The first-order valence-corrected chi connectivity index (χ1v) is 5.37. The van der Waals surface area contributed by atoms with Gasteiger partial charge >= 0.3 is 0 Å². The van der Waals surface area contributed by atoms with E-state index in [2.05, 4.69) is 14.9 Å². The summed E-state index contributed by atoms with van der Waals surface area (Å²) in [4.78, 5) is 1.85. The summed E-state index contributed by atoms with van der Waals surface area (Å²) in [6.07, 6.45) is -3.26. The van der Waals surface area contributed by atoms with Crippen LogP contribution < -0.4 is 9.88 Å². The lowest BCUT2D eigenvalue weighted by atomic mass is 10.3. The number of halogens is 3. The van der Waals surface area contributed by atoms with E-state index in [0.29, 0.717) is 6.07 Å². The number of primary sulfonamides is 1. The van der Waals surface area contributed by atoms with E-state index in [-0.39, 0.29) is 0 Å². The van der Waals surface area contributed by atoms with Gasteiger partial charge < -0.3 is 4.74 Å². The van der Waals surface area contributed by atoms with Crippen molar-refractivity contribution < 1.29 is 26.3 Å². The van der Waals surface area contributed by atoms with Gasteiger partial charge in [0.15, 0.2) is 5.75 Å². The first-order valence-electron chi connectivity index (χ1n) is 3.82. The number of methoxy groups -OCH3 is 1. The zero-order valence-electron chi connectivity index (χ0n) is 7.95. The van der Waals surface area contributed by atoms with Gasteiger partial charge in [0.2, 0.25) is 10.0 Å².